The van der Waals surface area contributed by atoms with Crippen molar-refractivity contribution in [3.63, 3.8) is 0 Å². The monoisotopic (exact) mass is 169 g/mol. The van der Waals surface area contributed by atoms with E-state index in [1.54, 1.807) is 30.3 Å². The highest BCUT2D eigenvalue weighted by atomic mass is 32.1. The van der Waals surface area contributed by atoms with Crippen LogP contribution in [0.2, 0.25) is 0 Å². The second kappa shape index (κ2) is 3.41. The molecular formula is C7H7NO2S. The second-order valence-electron chi connectivity index (χ2n) is 1.96. The first-order valence-corrected chi connectivity index (χ1v) is 3.39. The van der Waals surface area contributed by atoms with Gasteiger partial charge in [-0.25, -0.2) is 0 Å². The molecule has 1 aromatic rings. The number of thiol groups is 1. The summed E-state index contributed by atoms with van der Waals surface area (Å²) in [5.74, 6) is -0.533. The van der Waals surface area contributed by atoms with Crippen LogP contribution in [-0.4, -0.2) is 15.6 Å². The van der Waals surface area contributed by atoms with E-state index in [0.29, 0.717) is 5.56 Å². The number of hydroxylamine groups is 1. The molecule has 58 valence electrons. The van der Waals surface area contributed by atoms with E-state index in [-0.39, 0.29) is 4.47 Å². The molecule has 0 radical (unpaired) electrons. The van der Waals surface area contributed by atoms with E-state index in [1.807, 2.05) is 0 Å². The normalized spacial score (nSPS) is 9.27. The third-order valence-corrected chi connectivity index (χ3v) is 1.38. The van der Waals surface area contributed by atoms with Crippen LogP contribution in [0, 0.1) is 0 Å². The van der Waals surface area contributed by atoms with Gasteiger partial charge in [-0.1, -0.05) is 18.2 Å². The lowest BCUT2D eigenvalue weighted by Crippen LogP contribution is -2.16. The summed E-state index contributed by atoms with van der Waals surface area (Å²) in [6.45, 7) is 0. The fraction of sp³-hybridized carbons (Fsp3) is 0. The van der Waals surface area contributed by atoms with Gasteiger partial charge >= 0.3 is 0 Å². The Morgan fingerprint density at radius 2 is 1.91 bits per heavy atom. The number of hydrogen-bond donors (Lipinski definition) is 2. The average molecular weight is 169 g/mol. The van der Waals surface area contributed by atoms with Crippen LogP contribution in [0.3, 0.4) is 0 Å². The van der Waals surface area contributed by atoms with Crippen LogP contribution in [0.5, 0.6) is 0 Å². The van der Waals surface area contributed by atoms with Crippen LogP contribution in [-0.2, 0) is 0 Å². The predicted molar refractivity (Wildman–Crippen MR) is 43.4 cm³/mol. The average Bonchev–Trinajstić information content (AvgIpc) is 2.05. The van der Waals surface area contributed by atoms with Gasteiger partial charge in [-0.2, -0.15) is 4.47 Å². The van der Waals surface area contributed by atoms with Gasteiger partial charge in [0, 0.05) is 5.56 Å². The molecule has 0 unspecified atom stereocenters. The second-order valence-corrected chi connectivity index (χ2v) is 2.34. The third-order valence-electron chi connectivity index (χ3n) is 1.20. The van der Waals surface area contributed by atoms with E-state index >= 15 is 0 Å². The van der Waals surface area contributed by atoms with Crippen LogP contribution in [0.4, 0.5) is 0 Å². The number of hydrogen-bond acceptors (Lipinski definition) is 3. The van der Waals surface area contributed by atoms with Crippen molar-refractivity contribution in [1.29, 1.82) is 0 Å². The first-order chi connectivity index (χ1) is 5.22. The van der Waals surface area contributed by atoms with Gasteiger partial charge in [0.15, 0.2) is 0 Å². The number of nitrogens with zero attached hydrogens (tertiary/aromatic N) is 1. The lowest BCUT2D eigenvalue weighted by atomic mass is 10.2. The van der Waals surface area contributed by atoms with Gasteiger partial charge in [0.25, 0.3) is 5.91 Å². The topological polar surface area (TPSA) is 40.5 Å². The lowest BCUT2D eigenvalue weighted by molar-refractivity contribution is 0.0171. The molecule has 0 aliphatic heterocycles. The molecule has 1 rings (SSSR count). The molecule has 0 spiro atoms. The Kier molecular flexibility index (Phi) is 2.51. The predicted octanol–water partition coefficient (Wildman–Crippen LogP) is 1.36. The zero-order valence-electron chi connectivity index (χ0n) is 5.64. The summed E-state index contributed by atoms with van der Waals surface area (Å²) < 4.78 is 0.259. The minimum atomic E-state index is -0.533. The molecule has 0 aliphatic carbocycles. The number of carbonyl (C=O) groups is 1. The van der Waals surface area contributed by atoms with Gasteiger partial charge in [0.1, 0.15) is 0 Å². The first kappa shape index (κ1) is 8.10. The minimum absolute atomic E-state index is 0.259. The summed E-state index contributed by atoms with van der Waals surface area (Å²) in [5, 5.41) is 8.62. The van der Waals surface area contributed by atoms with E-state index in [0.717, 1.165) is 0 Å². The highest BCUT2D eigenvalue weighted by molar-refractivity contribution is 7.78. The Bertz CT molecular complexity index is 248. The number of carbonyl (C=O) groups excluding carboxylic acids is 1. The van der Waals surface area contributed by atoms with Gasteiger partial charge in [0.05, 0.1) is 0 Å². The van der Waals surface area contributed by atoms with E-state index in [2.05, 4.69) is 12.8 Å². The SMILES string of the molecule is O=C(c1ccccc1)N(O)S. The van der Waals surface area contributed by atoms with Gasteiger partial charge < -0.3 is 0 Å². The quantitative estimate of drug-likeness (QED) is 0.378. The molecule has 3 nitrogen and oxygen atoms in total. The van der Waals surface area contributed by atoms with Gasteiger partial charge in [0.2, 0.25) is 0 Å². The van der Waals surface area contributed by atoms with Crippen molar-refractivity contribution in [1.82, 2.24) is 4.47 Å². The summed E-state index contributed by atoms with van der Waals surface area (Å²) >= 11 is 3.44. The van der Waals surface area contributed by atoms with E-state index in [4.69, 9.17) is 5.21 Å². The van der Waals surface area contributed by atoms with Crippen molar-refractivity contribution < 1.29 is 10.0 Å². The largest absolute Gasteiger partial charge is 0.287 e. The number of amides is 1. The minimum Gasteiger partial charge on any atom is -0.275 e. The van der Waals surface area contributed by atoms with E-state index in [1.165, 1.54) is 0 Å². The number of rotatable bonds is 1. The van der Waals surface area contributed by atoms with Crippen molar-refractivity contribution in [2.45, 2.75) is 0 Å². The first-order valence-electron chi connectivity index (χ1n) is 2.99. The summed E-state index contributed by atoms with van der Waals surface area (Å²) in [6.07, 6.45) is 0. The van der Waals surface area contributed by atoms with Crippen molar-refractivity contribution in [2.75, 3.05) is 0 Å². The van der Waals surface area contributed by atoms with E-state index in [9.17, 15) is 4.79 Å². The lowest BCUT2D eigenvalue weighted by Gasteiger charge is -2.05. The maximum Gasteiger partial charge on any atom is 0.287 e. The molecule has 1 N–H and O–H groups in total. The summed E-state index contributed by atoms with van der Waals surface area (Å²) in [5.41, 5.74) is 0.407. The van der Waals surface area contributed by atoms with Crippen LogP contribution in [0.15, 0.2) is 30.3 Å². The maximum absolute atomic E-state index is 10.9. The van der Waals surface area contributed by atoms with Crippen LogP contribution in [0.1, 0.15) is 10.4 Å². The summed E-state index contributed by atoms with van der Waals surface area (Å²) in [7, 11) is 0. The Morgan fingerprint density at radius 3 is 2.36 bits per heavy atom. The number of benzene rings is 1. The fourth-order valence-corrected chi connectivity index (χ4v) is 0.812. The van der Waals surface area contributed by atoms with Crippen LogP contribution < -0.4 is 0 Å². The molecule has 0 bridgehead atoms. The molecule has 4 heteroatoms. The van der Waals surface area contributed by atoms with Crippen molar-refractivity contribution in [2.24, 2.45) is 0 Å². The Balaban J connectivity index is 2.86. The molecule has 0 heterocycles. The summed E-state index contributed by atoms with van der Waals surface area (Å²) in [4.78, 5) is 10.9. The van der Waals surface area contributed by atoms with E-state index < -0.39 is 5.91 Å². The smallest absolute Gasteiger partial charge is 0.275 e. The molecule has 0 aliphatic rings. The highest BCUT2D eigenvalue weighted by Gasteiger charge is 2.07. The molecule has 0 fully saturated rings. The Labute approximate surface area is 69.8 Å². The van der Waals surface area contributed by atoms with Crippen LogP contribution >= 0.6 is 12.8 Å². The van der Waals surface area contributed by atoms with Gasteiger partial charge in [-0.05, 0) is 24.9 Å². The van der Waals surface area contributed by atoms with Crippen LogP contribution in [0.25, 0.3) is 0 Å². The van der Waals surface area contributed by atoms with Crippen molar-refractivity contribution in [3.05, 3.63) is 35.9 Å². The molecular weight excluding hydrogens is 162 g/mol. The van der Waals surface area contributed by atoms with Crippen molar-refractivity contribution >= 4 is 18.7 Å². The zero-order chi connectivity index (χ0) is 8.27. The maximum atomic E-state index is 10.9. The third kappa shape index (κ3) is 1.96. The standard InChI is InChI=1S/C7H7NO2S/c9-7(8(10)11)6-4-2-1-3-5-6/h1-5,10-11H. The molecule has 0 saturated heterocycles. The zero-order valence-corrected chi connectivity index (χ0v) is 6.53. The molecule has 11 heavy (non-hydrogen) atoms. The van der Waals surface area contributed by atoms with Crippen molar-refractivity contribution in [3.8, 4) is 0 Å². The van der Waals surface area contributed by atoms with Gasteiger partial charge in [-0.3, -0.25) is 10.0 Å². The van der Waals surface area contributed by atoms with Gasteiger partial charge in [-0.15, -0.1) is 0 Å². The molecule has 0 atom stereocenters. The fourth-order valence-electron chi connectivity index (χ4n) is 0.696. The molecule has 1 amide bonds. The Morgan fingerprint density at radius 1 is 1.36 bits per heavy atom. The Hall–Kier alpha value is -1.00. The highest BCUT2D eigenvalue weighted by Crippen LogP contribution is 2.03. The molecule has 0 saturated carbocycles. The molecule has 0 aromatic heterocycles. The summed E-state index contributed by atoms with van der Waals surface area (Å²) in [6, 6.07) is 8.41. The molecule has 1 aromatic carbocycles.